The van der Waals surface area contributed by atoms with Crippen LogP contribution in [-0.2, 0) is 6.54 Å². The summed E-state index contributed by atoms with van der Waals surface area (Å²) in [6.45, 7) is 4.08. The number of carbonyl (C=O) groups is 1. The average molecular weight is 366 g/mol. The molecule has 0 unspecified atom stereocenters. The van der Waals surface area contributed by atoms with Gasteiger partial charge in [0, 0.05) is 49.3 Å². The standard InChI is InChI=1S/C21H20ClN3O/c22-18-7-6-17-8-9-23-20(19(17)14-18)21(26)25-12-10-24(11-13-25)15-16-4-2-1-3-5-16/h1-9,14H,10-13,15H2. The number of carbonyl (C=O) groups excluding carboxylic acids is 1. The van der Waals surface area contributed by atoms with Crippen molar-refractivity contribution in [3.8, 4) is 0 Å². The first-order valence-corrected chi connectivity index (χ1v) is 9.18. The second kappa shape index (κ2) is 7.44. The number of fused-ring (bicyclic) bond motifs is 1. The lowest BCUT2D eigenvalue weighted by Crippen LogP contribution is -2.48. The molecule has 0 N–H and O–H groups in total. The van der Waals surface area contributed by atoms with Crippen LogP contribution in [0.5, 0.6) is 0 Å². The molecule has 1 aliphatic rings. The molecule has 1 amide bonds. The lowest BCUT2D eigenvalue weighted by molar-refractivity contribution is 0.0625. The van der Waals surface area contributed by atoms with Gasteiger partial charge in [-0.05, 0) is 29.1 Å². The minimum Gasteiger partial charge on any atom is -0.335 e. The van der Waals surface area contributed by atoms with Gasteiger partial charge in [-0.3, -0.25) is 14.7 Å². The molecule has 4 rings (SSSR count). The van der Waals surface area contributed by atoms with Crippen LogP contribution >= 0.6 is 11.6 Å². The third-order valence-corrected chi connectivity index (χ3v) is 5.07. The number of aromatic nitrogens is 1. The molecule has 0 radical (unpaired) electrons. The SMILES string of the molecule is O=C(c1nccc2ccc(Cl)cc12)N1CCN(Cc2ccccc2)CC1. The van der Waals surface area contributed by atoms with E-state index in [-0.39, 0.29) is 5.91 Å². The first-order valence-electron chi connectivity index (χ1n) is 8.80. The zero-order chi connectivity index (χ0) is 17.9. The fourth-order valence-electron chi connectivity index (χ4n) is 3.41. The molecule has 5 heteroatoms. The minimum atomic E-state index is -0.0165. The summed E-state index contributed by atoms with van der Waals surface area (Å²) < 4.78 is 0. The Morgan fingerprint density at radius 2 is 1.77 bits per heavy atom. The monoisotopic (exact) mass is 365 g/mol. The topological polar surface area (TPSA) is 36.4 Å². The largest absolute Gasteiger partial charge is 0.335 e. The Bertz CT molecular complexity index is 921. The third kappa shape index (κ3) is 3.57. The summed E-state index contributed by atoms with van der Waals surface area (Å²) in [5, 5.41) is 2.42. The summed E-state index contributed by atoms with van der Waals surface area (Å²) in [5.41, 5.74) is 1.79. The maximum atomic E-state index is 13.0. The Kier molecular flexibility index (Phi) is 4.87. The van der Waals surface area contributed by atoms with E-state index in [9.17, 15) is 4.79 Å². The summed E-state index contributed by atoms with van der Waals surface area (Å²) >= 11 is 6.12. The molecule has 26 heavy (non-hydrogen) atoms. The van der Waals surface area contributed by atoms with Crippen molar-refractivity contribution in [1.29, 1.82) is 0 Å². The van der Waals surface area contributed by atoms with Crippen molar-refractivity contribution >= 4 is 28.3 Å². The maximum absolute atomic E-state index is 13.0. The van der Waals surface area contributed by atoms with Crippen molar-refractivity contribution in [3.63, 3.8) is 0 Å². The molecular formula is C21H20ClN3O. The van der Waals surface area contributed by atoms with Crippen LogP contribution in [-0.4, -0.2) is 46.9 Å². The number of halogens is 1. The number of hydrogen-bond acceptors (Lipinski definition) is 3. The fourth-order valence-corrected chi connectivity index (χ4v) is 3.58. The molecule has 0 saturated carbocycles. The van der Waals surface area contributed by atoms with Crippen LogP contribution in [0.3, 0.4) is 0 Å². The van der Waals surface area contributed by atoms with Crippen molar-refractivity contribution < 1.29 is 4.79 Å². The van der Waals surface area contributed by atoms with Crippen molar-refractivity contribution in [2.24, 2.45) is 0 Å². The number of amides is 1. The smallest absolute Gasteiger partial charge is 0.273 e. The van der Waals surface area contributed by atoms with Gasteiger partial charge in [-0.25, -0.2) is 0 Å². The lowest BCUT2D eigenvalue weighted by atomic mass is 10.1. The van der Waals surface area contributed by atoms with Gasteiger partial charge in [0.1, 0.15) is 5.69 Å². The van der Waals surface area contributed by atoms with Gasteiger partial charge in [0.05, 0.1) is 0 Å². The molecule has 3 aromatic rings. The van der Waals surface area contributed by atoms with Crippen molar-refractivity contribution in [2.45, 2.75) is 6.54 Å². The first-order chi connectivity index (χ1) is 12.7. The van der Waals surface area contributed by atoms with Crippen LogP contribution in [0.25, 0.3) is 10.8 Å². The fraction of sp³-hybridized carbons (Fsp3) is 0.238. The Morgan fingerprint density at radius 1 is 1.00 bits per heavy atom. The molecule has 0 spiro atoms. The first kappa shape index (κ1) is 17.0. The van der Waals surface area contributed by atoms with E-state index < -0.39 is 0 Å². The van der Waals surface area contributed by atoms with Crippen LogP contribution in [0.4, 0.5) is 0 Å². The van der Waals surface area contributed by atoms with E-state index in [0.29, 0.717) is 23.8 Å². The van der Waals surface area contributed by atoms with Gasteiger partial charge in [0.15, 0.2) is 0 Å². The molecule has 0 aliphatic carbocycles. The van der Waals surface area contributed by atoms with Crippen molar-refractivity contribution in [2.75, 3.05) is 26.2 Å². The van der Waals surface area contributed by atoms with Gasteiger partial charge >= 0.3 is 0 Å². The minimum absolute atomic E-state index is 0.0165. The number of nitrogens with zero attached hydrogens (tertiary/aromatic N) is 3. The molecule has 2 heterocycles. The van der Waals surface area contributed by atoms with E-state index in [0.717, 1.165) is 30.4 Å². The molecule has 0 atom stereocenters. The van der Waals surface area contributed by atoms with E-state index in [1.807, 2.05) is 35.2 Å². The molecule has 1 saturated heterocycles. The molecule has 132 valence electrons. The van der Waals surface area contributed by atoms with Crippen LogP contribution in [0, 0.1) is 0 Å². The second-order valence-electron chi connectivity index (χ2n) is 6.58. The summed E-state index contributed by atoms with van der Waals surface area (Å²) in [5.74, 6) is -0.0165. The van der Waals surface area contributed by atoms with E-state index in [4.69, 9.17) is 11.6 Å². The molecular weight excluding hydrogens is 346 g/mol. The summed E-state index contributed by atoms with van der Waals surface area (Å²) in [6.07, 6.45) is 1.69. The third-order valence-electron chi connectivity index (χ3n) is 4.84. The van der Waals surface area contributed by atoms with Crippen molar-refractivity contribution in [1.82, 2.24) is 14.8 Å². The van der Waals surface area contributed by atoms with E-state index in [1.165, 1.54) is 5.56 Å². The number of hydrogen-bond donors (Lipinski definition) is 0. The lowest BCUT2D eigenvalue weighted by Gasteiger charge is -2.34. The van der Waals surface area contributed by atoms with Gasteiger partial charge in [-0.1, -0.05) is 48.0 Å². The van der Waals surface area contributed by atoms with Crippen LogP contribution in [0.1, 0.15) is 16.1 Å². The number of piperazine rings is 1. The zero-order valence-corrected chi connectivity index (χ0v) is 15.2. The highest BCUT2D eigenvalue weighted by atomic mass is 35.5. The number of pyridine rings is 1. The molecule has 0 bridgehead atoms. The predicted molar refractivity (Wildman–Crippen MR) is 104 cm³/mol. The summed E-state index contributed by atoms with van der Waals surface area (Å²) in [4.78, 5) is 21.6. The van der Waals surface area contributed by atoms with E-state index >= 15 is 0 Å². The predicted octanol–water partition coefficient (Wildman–Crippen LogP) is 3.85. The zero-order valence-electron chi connectivity index (χ0n) is 14.4. The Morgan fingerprint density at radius 3 is 2.54 bits per heavy atom. The van der Waals surface area contributed by atoms with Crippen molar-refractivity contribution in [3.05, 3.63) is 77.1 Å². The van der Waals surface area contributed by atoms with E-state index in [1.54, 1.807) is 6.20 Å². The van der Waals surface area contributed by atoms with Gasteiger partial charge in [0.2, 0.25) is 0 Å². The quantitative estimate of drug-likeness (QED) is 0.707. The summed E-state index contributed by atoms with van der Waals surface area (Å²) in [6, 6.07) is 17.9. The average Bonchev–Trinajstić information content (AvgIpc) is 2.68. The Balaban J connectivity index is 1.46. The number of benzene rings is 2. The molecule has 1 aromatic heterocycles. The highest BCUT2D eigenvalue weighted by Crippen LogP contribution is 2.23. The van der Waals surface area contributed by atoms with Gasteiger partial charge in [-0.15, -0.1) is 0 Å². The van der Waals surface area contributed by atoms with Gasteiger partial charge in [-0.2, -0.15) is 0 Å². The maximum Gasteiger partial charge on any atom is 0.273 e. The van der Waals surface area contributed by atoms with Gasteiger partial charge < -0.3 is 4.90 Å². The Hall–Kier alpha value is -2.43. The molecule has 1 aliphatic heterocycles. The van der Waals surface area contributed by atoms with E-state index in [2.05, 4.69) is 34.1 Å². The highest BCUT2D eigenvalue weighted by molar-refractivity contribution is 6.31. The van der Waals surface area contributed by atoms with Crippen LogP contribution < -0.4 is 0 Å². The second-order valence-corrected chi connectivity index (χ2v) is 7.02. The summed E-state index contributed by atoms with van der Waals surface area (Å²) in [7, 11) is 0. The molecule has 1 fully saturated rings. The van der Waals surface area contributed by atoms with Crippen LogP contribution in [0.2, 0.25) is 5.02 Å². The van der Waals surface area contributed by atoms with Gasteiger partial charge in [0.25, 0.3) is 5.91 Å². The van der Waals surface area contributed by atoms with Crippen LogP contribution in [0.15, 0.2) is 60.8 Å². The molecule has 4 nitrogen and oxygen atoms in total. The Labute approximate surface area is 158 Å². The highest BCUT2D eigenvalue weighted by Gasteiger charge is 2.24. The molecule has 2 aromatic carbocycles. The normalized spacial score (nSPS) is 15.3. The number of rotatable bonds is 3.